The third kappa shape index (κ3) is 9.25. The topological polar surface area (TPSA) is 38.9 Å². The summed E-state index contributed by atoms with van der Waals surface area (Å²) >= 11 is 0. The number of para-hydroxylation sites is 1. The van der Waals surface area contributed by atoms with Crippen molar-refractivity contribution in [3.8, 4) is 44.8 Å². The average Bonchev–Trinajstić information content (AvgIpc) is 3.68. The van der Waals surface area contributed by atoms with Gasteiger partial charge in [-0.2, -0.15) is 0 Å². The van der Waals surface area contributed by atoms with Crippen molar-refractivity contribution in [2.45, 2.75) is 87.6 Å². The van der Waals surface area contributed by atoms with Gasteiger partial charge >= 0.3 is 0 Å². The molecule has 0 aliphatic heterocycles. The van der Waals surface area contributed by atoms with Gasteiger partial charge in [-0.15, -0.1) is 53.6 Å². The van der Waals surface area contributed by atoms with Gasteiger partial charge < -0.3 is 14.4 Å². The van der Waals surface area contributed by atoms with Crippen molar-refractivity contribution < 1.29 is 47.8 Å². The second-order valence-electron chi connectivity index (χ2n) is 16.1. The molecular formula is C54H54IrN2O-2. The summed E-state index contributed by atoms with van der Waals surface area (Å²) in [7, 11) is 0. The van der Waals surface area contributed by atoms with Crippen molar-refractivity contribution in [1.82, 2.24) is 9.97 Å². The number of rotatable bonds is 5. The van der Waals surface area contributed by atoms with Gasteiger partial charge in [0.25, 0.3) is 0 Å². The van der Waals surface area contributed by atoms with Gasteiger partial charge in [0.05, 0.1) is 5.58 Å². The summed E-state index contributed by atoms with van der Waals surface area (Å²) in [6.07, 6.45) is 1.16. The standard InChI is InChI=1S/C37H34NO.C17H20N.Ir/c1-22-10-8-11-28-29-12-9-13-30(36(29)39-35(22)28)34-20-33(25(4)21-38-34)32-19-23(2)31(18-24(32)3)26-14-16-27(17-15-26)37(5,6)7;1-13-5-8-15(9-6-13)16-10-7-14(12-18-16)11-17(2,3)4;/h8-12,14-21H,1-7H3;5-8,10,12H,11H2,1-4H3;/q2*-1;/i1D3,2D3,3D3,4D3;1D3,11D2;. The van der Waals surface area contributed by atoms with Gasteiger partial charge in [-0.3, -0.25) is 0 Å². The van der Waals surface area contributed by atoms with Crippen LogP contribution in [0.5, 0.6) is 0 Å². The minimum atomic E-state index is -2.78. The molecule has 0 aliphatic carbocycles. The van der Waals surface area contributed by atoms with Crippen LogP contribution >= 0.6 is 0 Å². The molecule has 0 N–H and O–H groups in total. The van der Waals surface area contributed by atoms with Crippen molar-refractivity contribution in [2.75, 3.05) is 0 Å². The van der Waals surface area contributed by atoms with E-state index in [4.69, 9.17) is 27.7 Å². The molecule has 0 unspecified atom stereocenters. The van der Waals surface area contributed by atoms with E-state index in [1.165, 1.54) is 36.5 Å². The van der Waals surface area contributed by atoms with Crippen molar-refractivity contribution in [1.29, 1.82) is 0 Å². The largest absolute Gasteiger partial charge is 0.500 e. The molecular weight excluding hydrogens is 885 g/mol. The summed E-state index contributed by atoms with van der Waals surface area (Å²) in [5.74, 6) is 0. The van der Waals surface area contributed by atoms with Crippen molar-refractivity contribution in [3.05, 3.63) is 167 Å². The number of hydrogen-bond acceptors (Lipinski definition) is 3. The molecule has 0 fully saturated rings. The van der Waals surface area contributed by atoms with E-state index in [-0.39, 0.29) is 92.5 Å². The number of benzene rings is 5. The quantitative estimate of drug-likeness (QED) is 0.161. The van der Waals surface area contributed by atoms with Gasteiger partial charge in [0.1, 0.15) is 5.58 Å². The summed E-state index contributed by atoms with van der Waals surface area (Å²) < 4.78 is 145. The van der Waals surface area contributed by atoms with Crippen LogP contribution in [0.4, 0.5) is 0 Å². The first-order valence-electron chi connectivity index (χ1n) is 27.1. The van der Waals surface area contributed by atoms with Crippen LogP contribution in [0.3, 0.4) is 0 Å². The molecule has 0 saturated carbocycles. The fourth-order valence-electron chi connectivity index (χ4n) is 6.62. The zero-order valence-corrected chi connectivity index (χ0v) is 35.5. The molecule has 5 aromatic carbocycles. The molecule has 1 radical (unpaired) electrons. The van der Waals surface area contributed by atoms with Crippen LogP contribution in [0.2, 0.25) is 0 Å². The monoisotopic (exact) mass is 956 g/mol. The number of nitrogens with zero attached hydrogens (tertiary/aromatic N) is 2. The Hall–Kier alpha value is -5.15. The zero-order valence-electron chi connectivity index (χ0n) is 50.1. The van der Waals surface area contributed by atoms with E-state index >= 15 is 0 Å². The van der Waals surface area contributed by atoms with E-state index in [1.54, 1.807) is 60.7 Å². The smallest absolute Gasteiger partial charge is 0.123 e. The summed E-state index contributed by atoms with van der Waals surface area (Å²) in [5.41, 5.74) is 3.12. The maximum Gasteiger partial charge on any atom is 0.123 e. The van der Waals surface area contributed by atoms with Crippen molar-refractivity contribution >= 4 is 21.9 Å². The van der Waals surface area contributed by atoms with Crippen LogP contribution in [0.1, 0.15) is 104 Å². The van der Waals surface area contributed by atoms with Crippen LogP contribution in [0.25, 0.3) is 66.7 Å². The molecule has 8 aromatic rings. The molecule has 3 aromatic heterocycles. The summed E-state index contributed by atoms with van der Waals surface area (Å²) in [4.78, 5) is 8.74. The van der Waals surface area contributed by atoms with E-state index in [2.05, 4.69) is 22.1 Å². The molecule has 0 amide bonds. The van der Waals surface area contributed by atoms with Gasteiger partial charge in [0, 0.05) is 61.2 Å². The Bertz CT molecular complexity index is 3340. The van der Waals surface area contributed by atoms with E-state index in [0.717, 1.165) is 11.8 Å². The van der Waals surface area contributed by atoms with Crippen LogP contribution in [-0.4, -0.2) is 9.97 Å². The van der Waals surface area contributed by atoms with Gasteiger partial charge in [0.15, 0.2) is 0 Å². The number of furan rings is 1. The molecule has 0 atom stereocenters. The van der Waals surface area contributed by atoms with Crippen LogP contribution in [0.15, 0.2) is 120 Å². The molecule has 0 bridgehead atoms. The summed E-state index contributed by atoms with van der Waals surface area (Å²) in [6, 6.07) is 33.5. The molecule has 297 valence electrons. The Morgan fingerprint density at radius 3 is 2.00 bits per heavy atom. The molecule has 3 heterocycles. The molecule has 4 heteroatoms. The first kappa shape index (κ1) is 25.4. The first-order valence-corrected chi connectivity index (χ1v) is 18.6. The summed E-state index contributed by atoms with van der Waals surface area (Å²) in [6.45, 7) is -1.17. The van der Waals surface area contributed by atoms with Gasteiger partial charge in [-0.25, -0.2) is 0 Å². The second-order valence-corrected chi connectivity index (χ2v) is 16.1. The first-order chi connectivity index (χ1) is 33.9. The molecule has 0 aliphatic rings. The van der Waals surface area contributed by atoms with Crippen LogP contribution in [0, 0.1) is 51.8 Å². The zero-order chi connectivity index (χ0) is 54.9. The molecule has 0 spiro atoms. The Balaban J connectivity index is 0.000000319. The third-order valence-electron chi connectivity index (χ3n) is 9.50. The van der Waals surface area contributed by atoms with Crippen LogP contribution < -0.4 is 0 Å². The number of fused-ring (bicyclic) bond motifs is 3. The minimum absolute atomic E-state index is 0. The SMILES string of the molecule is [2H]C([2H])([2H])c1c[c-]c(-c2ccc(C([2H])([2H])C(C)(C)C)cn2)cc1.[2H]C([2H])([2H])c1cc(-c2cc(-c3[c-]ccc4c3oc3c(C([2H])([2H])[2H])cccc34)ncc2C([2H])([2H])[2H])c(C([2H])([2H])[2H])cc1-c1ccc(C(C)(C)C)cc1.[Ir]. The summed E-state index contributed by atoms with van der Waals surface area (Å²) in [5, 5.41) is 1.12. The Kier molecular flexibility index (Phi) is 7.43. The van der Waals surface area contributed by atoms with Gasteiger partial charge in [-0.05, 0) is 112 Å². The van der Waals surface area contributed by atoms with E-state index in [1.807, 2.05) is 53.7 Å². The maximum atomic E-state index is 8.52. The molecule has 58 heavy (non-hydrogen) atoms. The van der Waals surface area contributed by atoms with E-state index in [9.17, 15) is 0 Å². The number of aromatic nitrogens is 2. The fraction of sp³-hybridized carbons (Fsp3) is 0.259. The normalized spacial score (nSPS) is 17.3. The Morgan fingerprint density at radius 2 is 1.34 bits per heavy atom. The van der Waals surface area contributed by atoms with Gasteiger partial charge in [-0.1, -0.05) is 132 Å². The van der Waals surface area contributed by atoms with E-state index < -0.39 is 46.0 Å². The van der Waals surface area contributed by atoms with Crippen LogP contribution in [-0.2, 0) is 31.9 Å². The predicted molar refractivity (Wildman–Crippen MR) is 241 cm³/mol. The average molecular weight is 956 g/mol. The molecule has 8 rings (SSSR count). The Morgan fingerprint density at radius 1 is 0.638 bits per heavy atom. The third-order valence-corrected chi connectivity index (χ3v) is 9.50. The van der Waals surface area contributed by atoms with Crippen molar-refractivity contribution in [2.24, 2.45) is 5.41 Å². The number of aryl methyl sites for hydroxylation is 5. The second kappa shape index (κ2) is 17.0. The molecule has 0 saturated heterocycles. The fourth-order valence-corrected chi connectivity index (χ4v) is 6.62. The predicted octanol–water partition coefficient (Wildman–Crippen LogP) is 14.8. The molecule has 3 nitrogen and oxygen atoms in total. The number of hydrogen-bond donors (Lipinski definition) is 0. The maximum absolute atomic E-state index is 8.52. The number of pyridine rings is 2. The Labute approximate surface area is 383 Å². The van der Waals surface area contributed by atoms with Crippen molar-refractivity contribution in [3.63, 3.8) is 0 Å². The van der Waals surface area contributed by atoms with Gasteiger partial charge in [0.2, 0.25) is 0 Å². The minimum Gasteiger partial charge on any atom is -0.500 e. The van der Waals surface area contributed by atoms with E-state index in [0.29, 0.717) is 33.2 Å².